The summed E-state index contributed by atoms with van der Waals surface area (Å²) < 4.78 is 122. The lowest BCUT2D eigenvalue weighted by atomic mass is 10.1. The molecule has 454 valence electrons. The minimum Gasteiger partial charge on any atom is -0.493 e. The fraction of sp³-hybridized carbons (Fsp3) is 0.131. The number of para-hydroxylation sites is 1. The SMILES string of the molecule is Cc1oc(-c2ccccc2)nc1CCOc1ccc(CC2SC(=O)NC2=O)c2sccc12.O=C(O)C(Oc1cccc(C(F)(F)F)c1)c1ccc(Cl)cc1.O=S(=O)(Nc1cc(Cl)c(Sc2cnc3ccccc3c2)c(Cl)c1)c1ccc(C(F)(F)F)cc1Cl. The van der Waals surface area contributed by atoms with Gasteiger partial charge < -0.3 is 19.0 Å². The normalized spacial score (nSPS) is 13.7. The number of rotatable bonds is 16. The topological polar surface area (TPSA) is 187 Å². The van der Waals surface area contributed by atoms with Crippen molar-refractivity contribution in [2.24, 2.45) is 0 Å². The number of nitrogens with one attached hydrogen (secondary N) is 2. The first-order valence-electron chi connectivity index (χ1n) is 25.7. The largest absolute Gasteiger partial charge is 0.493 e. The van der Waals surface area contributed by atoms with Crippen LogP contribution >= 0.6 is 81.3 Å². The number of aliphatic carboxylic acids is 1. The minimum atomic E-state index is -4.66. The highest BCUT2D eigenvalue weighted by Gasteiger charge is 2.34. The average Bonchev–Trinajstić information content (AvgIpc) is 3.51. The lowest BCUT2D eigenvalue weighted by molar-refractivity contribution is -0.145. The third-order valence-electron chi connectivity index (χ3n) is 12.7. The van der Waals surface area contributed by atoms with Crippen molar-refractivity contribution in [2.75, 3.05) is 11.3 Å². The number of nitrogens with zero attached hydrogens (tertiary/aromatic N) is 2. The van der Waals surface area contributed by atoms with Crippen molar-refractivity contribution in [3.05, 3.63) is 223 Å². The summed E-state index contributed by atoms with van der Waals surface area (Å²) in [5, 5.41) is 15.0. The number of aryl methyl sites for hydroxylation is 1. The molecule has 11 rings (SSSR count). The molecule has 2 atom stereocenters. The summed E-state index contributed by atoms with van der Waals surface area (Å²) in [5.41, 5.74) is 2.03. The molecule has 13 nitrogen and oxygen atoms in total. The van der Waals surface area contributed by atoms with Gasteiger partial charge in [0.2, 0.25) is 17.9 Å². The number of thioether (sulfide) groups is 1. The van der Waals surface area contributed by atoms with Crippen LogP contribution < -0.4 is 19.5 Å². The Morgan fingerprint density at radius 1 is 0.807 bits per heavy atom. The number of hydrogen-bond donors (Lipinski definition) is 3. The summed E-state index contributed by atoms with van der Waals surface area (Å²) in [6.07, 6.45) is -7.80. The van der Waals surface area contributed by atoms with E-state index in [1.54, 1.807) is 17.5 Å². The molecule has 0 aliphatic carbocycles. The van der Waals surface area contributed by atoms with Crippen LogP contribution in [-0.2, 0) is 44.8 Å². The number of benzene rings is 7. The van der Waals surface area contributed by atoms with Gasteiger partial charge in [-0.25, -0.2) is 18.2 Å². The molecule has 1 saturated heterocycles. The van der Waals surface area contributed by atoms with Gasteiger partial charge in [0.05, 0.1) is 54.9 Å². The monoisotopic (exact) mass is 1360 g/mol. The Hall–Kier alpha value is -7.48. The number of aromatic nitrogens is 2. The second-order valence-electron chi connectivity index (χ2n) is 18.9. The van der Waals surface area contributed by atoms with Gasteiger partial charge in [0.25, 0.3) is 15.3 Å². The van der Waals surface area contributed by atoms with E-state index >= 15 is 0 Å². The van der Waals surface area contributed by atoms with Crippen LogP contribution in [0.4, 0.5) is 36.8 Å². The second-order valence-corrected chi connectivity index (χ2v) is 25.3. The van der Waals surface area contributed by atoms with Gasteiger partial charge >= 0.3 is 18.3 Å². The Morgan fingerprint density at radius 2 is 1.50 bits per heavy atom. The van der Waals surface area contributed by atoms with Gasteiger partial charge in [-0.1, -0.05) is 131 Å². The van der Waals surface area contributed by atoms with E-state index in [4.69, 9.17) is 60.3 Å². The number of sulfonamides is 1. The van der Waals surface area contributed by atoms with Gasteiger partial charge in [0.15, 0.2) is 0 Å². The average molecular weight is 1360 g/mol. The Morgan fingerprint density at radius 3 is 2.17 bits per heavy atom. The number of anilines is 1. The number of imide groups is 1. The third-order valence-corrected chi connectivity index (χ3v) is 18.7. The van der Waals surface area contributed by atoms with E-state index in [0.717, 1.165) is 90.2 Å². The molecule has 0 radical (unpaired) electrons. The number of hydrogen-bond acceptors (Lipinski definition) is 13. The summed E-state index contributed by atoms with van der Waals surface area (Å²) >= 11 is 28.2. The van der Waals surface area contributed by atoms with Gasteiger partial charge in [-0.3, -0.25) is 24.6 Å². The number of carboxylic acid groups (broad SMARTS) is 1. The zero-order valence-electron chi connectivity index (χ0n) is 45.0. The lowest BCUT2D eigenvalue weighted by Crippen LogP contribution is -2.25. The molecule has 27 heteroatoms. The van der Waals surface area contributed by atoms with Crippen molar-refractivity contribution >= 4 is 135 Å². The van der Waals surface area contributed by atoms with Gasteiger partial charge in [-0.05, 0) is 121 Å². The third kappa shape index (κ3) is 16.4. The first-order chi connectivity index (χ1) is 41.8. The molecule has 3 N–H and O–H groups in total. The van der Waals surface area contributed by atoms with E-state index in [1.165, 1.54) is 54.2 Å². The van der Waals surface area contributed by atoms with Gasteiger partial charge in [-0.2, -0.15) is 26.3 Å². The molecule has 1 fully saturated rings. The molecule has 0 spiro atoms. The van der Waals surface area contributed by atoms with E-state index in [0.29, 0.717) is 47.4 Å². The number of fused-ring (bicyclic) bond motifs is 2. The number of carbonyl (C=O) groups excluding carboxylic acids is 2. The van der Waals surface area contributed by atoms with E-state index in [1.807, 2.05) is 91.2 Å². The maximum atomic E-state index is 12.8. The predicted octanol–water partition coefficient (Wildman–Crippen LogP) is 18.1. The number of ether oxygens (including phenoxy) is 2. The number of pyridine rings is 1. The molecule has 0 bridgehead atoms. The molecule has 7 aromatic carbocycles. The number of oxazole rings is 1. The quantitative estimate of drug-likeness (QED) is 0.0777. The molecule has 2 amide bonds. The Kier molecular flexibility index (Phi) is 20.6. The zero-order chi connectivity index (χ0) is 63.1. The van der Waals surface area contributed by atoms with Crippen LogP contribution in [0.1, 0.15) is 39.8 Å². The summed E-state index contributed by atoms with van der Waals surface area (Å²) in [6, 6.07) is 39.8. The van der Waals surface area contributed by atoms with Crippen molar-refractivity contribution < 1.29 is 68.1 Å². The van der Waals surface area contributed by atoms with E-state index in [9.17, 15) is 54.3 Å². The Bertz CT molecular complexity index is 4310. The Labute approximate surface area is 530 Å². The highest BCUT2D eigenvalue weighted by Crippen LogP contribution is 2.43. The molecule has 1 aliphatic rings. The van der Waals surface area contributed by atoms with Crippen molar-refractivity contribution in [2.45, 2.75) is 58.2 Å². The second kappa shape index (κ2) is 27.9. The van der Waals surface area contributed by atoms with Crippen molar-refractivity contribution in [1.29, 1.82) is 0 Å². The summed E-state index contributed by atoms with van der Waals surface area (Å²) in [5.74, 6) is 0.495. The summed E-state index contributed by atoms with van der Waals surface area (Å²) in [7, 11) is -4.32. The standard InChI is InChI=1S/C24H20N2O4S2.C22H12Cl3F3N2O2S2.C15H10ClF3O3/c1-14-18(25-23(30-14)15-5-3-2-4-6-15)9-11-29-19-8-7-16(21-17(19)10-12-31-21)13-20-22(27)26-24(28)32-20;23-16-8-13(22(26,27)28)5-6-20(16)34(31,32)30-14-9-17(24)21(18(25)10-14)33-15-7-12-3-1-2-4-19(12)29-11-15;16-11-6-4-9(5-7-11)13(14(20)21)22-12-3-1-2-10(8-12)15(17,18)19/h2-8,10,12,20H,9,11,13H2,1H3,(H,26,27,28);1-11,30H;1-8,13H,(H,20,21). The van der Waals surface area contributed by atoms with Crippen LogP contribution in [-0.4, -0.2) is 52.5 Å². The Balaban J connectivity index is 0.000000161. The molecule has 10 aromatic rings. The molecule has 3 aromatic heterocycles. The predicted molar refractivity (Wildman–Crippen MR) is 330 cm³/mol. The van der Waals surface area contributed by atoms with Crippen molar-refractivity contribution in [3.63, 3.8) is 0 Å². The maximum Gasteiger partial charge on any atom is 0.416 e. The highest BCUT2D eigenvalue weighted by molar-refractivity contribution is 8.15. The van der Waals surface area contributed by atoms with Crippen LogP contribution in [0.3, 0.4) is 0 Å². The van der Waals surface area contributed by atoms with E-state index in [-0.39, 0.29) is 43.4 Å². The number of alkyl halides is 6. The number of halogens is 10. The van der Waals surface area contributed by atoms with Crippen molar-refractivity contribution in [1.82, 2.24) is 15.3 Å². The number of amides is 2. The van der Waals surface area contributed by atoms with Crippen LogP contribution in [0.2, 0.25) is 20.1 Å². The fourth-order valence-electron chi connectivity index (χ4n) is 8.56. The van der Waals surface area contributed by atoms with Gasteiger partial charge in [-0.15, -0.1) is 11.3 Å². The molecule has 1 aliphatic heterocycles. The summed E-state index contributed by atoms with van der Waals surface area (Å²) in [6.45, 7) is 2.39. The maximum absolute atomic E-state index is 12.8. The number of carbonyl (C=O) groups is 3. The first kappa shape index (κ1) is 65.0. The number of carboxylic acids is 1. The first-order valence-corrected chi connectivity index (χ1v) is 31.2. The molecular weight excluding hydrogens is 1320 g/mol. The molecule has 0 saturated carbocycles. The fourth-order valence-corrected chi connectivity index (χ4v) is 13.6. The van der Waals surface area contributed by atoms with E-state index < -0.39 is 55.5 Å². The number of thiophene rings is 1. The van der Waals surface area contributed by atoms with E-state index in [2.05, 4.69) is 20.0 Å². The molecule has 4 heterocycles. The van der Waals surface area contributed by atoms with Gasteiger partial charge in [0.1, 0.15) is 22.2 Å². The highest BCUT2D eigenvalue weighted by atomic mass is 35.5. The molecular formula is C61H42Cl4F6N4O9S4. The minimum absolute atomic E-state index is 0.0203. The van der Waals surface area contributed by atoms with Gasteiger partial charge in [0, 0.05) is 54.0 Å². The smallest absolute Gasteiger partial charge is 0.416 e. The van der Waals surface area contributed by atoms with Crippen LogP contribution in [0.5, 0.6) is 11.5 Å². The zero-order valence-corrected chi connectivity index (χ0v) is 51.3. The summed E-state index contributed by atoms with van der Waals surface area (Å²) in [4.78, 5) is 44.4. The van der Waals surface area contributed by atoms with Crippen LogP contribution in [0, 0.1) is 6.92 Å². The van der Waals surface area contributed by atoms with Crippen LogP contribution in [0.25, 0.3) is 32.4 Å². The lowest BCUT2D eigenvalue weighted by Gasteiger charge is -2.16. The molecule has 88 heavy (non-hydrogen) atoms. The van der Waals surface area contributed by atoms with Crippen LogP contribution in [0.15, 0.2) is 188 Å². The molecule has 2 unspecified atom stereocenters. The van der Waals surface area contributed by atoms with Crippen molar-refractivity contribution in [3.8, 4) is 23.0 Å².